The molecule has 2 aliphatic rings. The first-order chi connectivity index (χ1) is 14.7. The molecule has 2 rings (SSSR count). The highest BCUT2D eigenvalue weighted by Crippen LogP contribution is 2.44. The Kier molecular flexibility index (Phi) is 9.68. The highest BCUT2D eigenvalue weighted by molar-refractivity contribution is 5.75. The third kappa shape index (κ3) is 7.14. The van der Waals surface area contributed by atoms with Crippen LogP contribution in [0.2, 0.25) is 0 Å². The first kappa shape index (κ1) is 25.5. The predicted octanol–water partition coefficient (Wildman–Crippen LogP) is 1.86. The summed E-state index contributed by atoms with van der Waals surface area (Å²) < 4.78 is 5.85. The van der Waals surface area contributed by atoms with E-state index in [0.29, 0.717) is 25.7 Å². The number of aliphatic hydroxyl groups excluding tert-OH is 3. The Balaban J connectivity index is 2.06. The molecule has 0 aromatic heterocycles. The number of hydrogen-bond donors (Lipinski definition) is 5. The summed E-state index contributed by atoms with van der Waals surface area (Å²) in [6, 6.07) is 0. The van der Waals surface area contributed by atoms with Crippen molar-refractivity contribution in [3.8, 4) is 0 Å². The van der Waals surface area contributed by atoms with Gasteiger partial charge in [0.2, 0.25) is 5.91 Å². The minimum atomic E-state index is -1.05. The van der Waals surface area contributed by atoms with E-state index in [1.807, 2.05) is 26.0 Å². The Morgan fingerprint density at radius 1 is 1.29 bits per heavy atom. The Labute approximate surface area is 183 Å². The molecule has 2 aliphatic carbocycles. The second kappa shape index (κ2) is 11.8. The van der Waals surface area contributed by atoms with Crippen LogP contribution in [0.15, 0.2) is 23.8 Å². The number of carbonyl (C=O) groups is 2. The van der Waals surface area contributed by atoms with E-state index in [9.17, 15) is 24.9 Å². The van der Waals surface area contributed by atoms with Gasteiger partial charge in [-0.3, -0.25) is 14.8 Å². The predicted molar refractivity (Wildman–Crippen MR) is 114 cm³/mol. The molecule has 0 aromatic rings. The summed E-state index contributed by atoms with van der Waals surface area (Å²) in [6.07, 6.45) is 4.79. The van der Waals surface area contributed by atoms with Gasteiger partial charge in [-0.1, -0.05) is 39.0 Å². The molecule has 0 bridgehead atoms. The summed E-state index contributed by atoms with van der Waals surface area (Å²) in [5.41, 5.74) is 2.43. The fraction of sp³-hybridized carbons (Fsp3) is 0.739. The molecule has 0 saturated heterocycles. The molecule has 0 radical (unpaired) electrons. The summed E-state index contributed by atoms with van der Waals surface area (Å²) in [4.78, 5) is 23.6. The van der Waals surface area contributed by atoms with Gasteiger partial charge in [0, 0.05) is 12.3 Å². The molecular weight excluding hydrogens is 402 g/mol. The zero-order valence-corrected chi connectivity index (χ0v) is 18.6. The van der Waals surface area contributed by atoms with Crippen molar-refractivity contribution >= 4 is 11.9 Å². The third-order valence-electron chi connectivity index (χ3n) is 6.58. The van der Waals surface area contributed by atoms with Crippen LogP contribution in [0.25, 0.3) is 0 Å². The molecule has 0 heterocycles. The number of carbonyl (C=O) groups excluding carboxylic acids is 2. The number of ether oxygens (including phenoxy) is 1. The Morgan fingerprint density at radius 3 is 2.65 bits per heavy atom. The highest BCUT2D eigenvalue weighted by atomic mass is 16.5. The summed E-state index contributed by atoms with van der Waals surface area (Å²) in [7, 11) is 0. The number of nitrogens with one attached hydrogen (secondary N) is 1. The van der Waals surface area contributed by atoms with Gasteiger partial charge in [0.05, 0.1) is 30.7 Å². The van der Waals surface area contributed by atoms with E-state index in [2.05, 4.69) is 13.0 Å². The van der Waals surface area contributed by atoms with Crippen molar-refractivity contribution in [1.82, 2.24) is 5.48 Å². The standard InChI is InChI=1S/C23H37NO7/c1-4-13(2)23(29)31-20-11-17(26)9-15-6-5-14(3)19(22(15)20)8-7-16(25)10-18(27)12-21(28)24-30/h5-6,9,13-14,16-20,22,25-27,30H,4,7-8,10-12H2,1-3H3,(H,24,28)/t13?,14-,16+,17+,18+,19-,20-,22-/m0/s1. The Hall–Kier alpha value is -1.74. The molecule has 31 heavy (non-hydrogen) atoms. The summed E-state index contributed by atoms with van der Waals surface area (Å²) in [5, 5.41) is 39.1. The second-order valence-corrected chi connectivity index (χ2v) is 9.02. The summed E-state index contributed by atoms with van der Waals surface area (Å²) in [6.45, 7) is 5.85. The maximum absolute atomic E-state index is 12.5. The molecule has 5 N–H and O–H groups in total. The average molecular weight is 440 g/mol. The van der Waals surface area contributed by atoms with Gasteiger partial charge in [0.25, 0.3) is 0 Å². The van der Waals surface area contributed by atoms with E-state index in [1.54, 1.807) is 0 Å². The molecule has 0 aliphatic heterocycles. The molecule has 1 unspecified atom stereocenters. The quantitative estimate of drug-likeness (QED) is 0.199. The number of hydrogen-bond acceptors (Lipinski definition) is 7. The van der Waals surface area contributed by atoms with E-state index >= 15 is 0 Å². The first-order valence-electron chi connectivity index (χ1n) is 11.2. The van der Waals surface area contributed by atoms with Crippen molar-refractivity contribution in [2.45, 2.75) is 83.7 Å². The largest absolute Gasteiger partial charge is 0.461 e. The van der Waals surface area contributed by atoms with Crippen LogP contribution in [0.1, 0.15) is 59.3 Å². The van der Waals surface area contributed by atoms with Gasteiger partial charge in [-0.2, -0.15) is 0 Å². The van der Waals surface area contributed by atoms with E-state index in [0.717, 1.165) is 5.57 Å². The van der Waals surface area contributed by atoms with Crippen molar-refractivity contribution in [2.24, 2.45) is 23.7 Å². The number of allylic oxidation sites excluding steroid dienone is 2. The molecule has 8 atom stereocenters. The topological polar surface area (TPSA) is 136 Å². The first-order valence-corrected chi connectivity index (χ1v) is 11.2. The lowest BCUT2D eigenvalue weighted by atomic mass is 9.66. The molecule has 8 nitrogen and oxygen atoms in total. The number of aliphatic hydroxyl groups is 3. The lowest BCUT2D eigenvalue weighted by molar-refractivity contribution is -0.159. The van der Waals surface area contributed by atoms with E-state index in [-0.39, 0.29) is 42.5 Å². The molecule has 176 valence electrons. The normalized spacial score (nSPS) is 30.5. The van der Waals surface area contributed by atoms with Crippen LogP contribution in [-0.4, -0.2) is 56.8 Å². The number of hydroxylamine groups is 1. The fourth-order valence-corrected chi connectivity index (χ4v) is 4.58. The van der Waals surface area contributed by atoms with Crippen molar-refractivity contribution in [2.75, 3.05) is 0 Å². The fourth-order valence-electron chi connectivity index (χ4n) is 4.58. The van der Waals surface area contributed by atoms with E-state index in [1.165, 1.54) is 5.48 Å². The minimum Gasteiger partial charge on any atom is -0.461 e. The zero-order valence-electron chi connectivity index (χ0n) is 18.6. The Bertz CT molecular complexity index is 677. The van der Waals surface area contributed by atoms with Crippen LogP contribution in [0, 0.1) is 23.7 Å². The number of rotatable bonds is 10. The number of fused-ring (bicyclic) bond motifs is 1. The van der Waals surface area contributed by atoms with Crippen LogP contribution < -0.4 is 5.48 Å². The van der Waals surface area contributed by atoms with Gasteiger partial charge in [-0.25, -0.2) is 5.48 Å². The average Bonchev–Trinajstić information content (AvgIpc) is 2.72. The van der Waals surface area contributed by atoms with E-state index < -0.39 is 30.3 Å². The van der Waals surface area contributed by atoms with Crippen molar-refractivity contribution in [3.05, 3.63) is 23.8 Å². The monoisotopic (exact) mass is 439 g/mol. The number of amides is 1. The lowest BCUT2D eigenvalue weighted by Gasteiger charge is -2.43. The van der Waals surface area contributed by atoms with Crippen LogP contribution in [-0.2, 0) is 14.3 Å². The smallest absolute Gasteiger partial charge is 0.308 e. The molecule has 8 heteroatoms. The lowest BCUT2D eigenvalue weighted by Crippen LogP contribution is -2.43. The van der Waals surface area contributed by atoms with Crippen molar-refractivity contribution in [1.29, 1.82) is 0 Å². The molecule has 0 saturated carbocycles. The summed E-state index contributed by atoms with van der Waals surface area (Å²) in [5.74, 6) is -0.931. The SMILES string of the molecule is CCC(C)C(=O)O[C@H]1C[C@H](O)C=C2C=C[C@H](C)[C@H](CC[C@@H](O)C[C@@H](O)CC(=O)NO)[C@H]21. The third-order valence-corrected chi connectivity index (χ3v) is 6.58. The second-order valence-electron chi connectivity index (χ2n) is 9.02. The minimum absolute atomic E-state index is 0.0306. The van der Waals surface area contributed by atoms with Crippen LogP contribution in [0.4, 0.5) is 0 Å². The maximum Gasteiger partial charge on any atom is 0.308 e. The van der Waals surface area contributed by atoms with Crippen molar-refractivity contribution in [3.63, 3.8) is 0 Å². The van der Waals surface area contributed by atoms with Gasteiger partial charge in [-0.05, 0) is 43.1 Å². The zero-order chi connectivity index (χ0) is 23.1. The Morgan fingerprint density at radius 2 is 2.00 bits per heavy atom. The van der Waals surface area contributed by atoms with Crippen LogP contribution in [0.5, 0.6) is 0 Å². The van der Waals surface area contributed by atoms with Crippen LogP contribution in [0.3, 0.4) is 0 Å². The van der Waals surface area contributed by atoms with Gasteiger partial charge in [0.15, 0.2) is 0 Å². The van der Waals surface area contributed by atoms with Gasteiger partial charge >= 0.3 is 5.97 Å². The molecule has 1 amide bonds. The summed E-state index contributed by atoms with van der Waals surface area (Å²) >= 11 is 0. The molecular formula is C23H37NO7. The van der Waals surface area contributed by atoms with Gasteiger partial charge in [-0.15, -0.1) is 0 Å². The van der Waals surface area contributed by atoms with Gasteiger partial charge < -0.3 is 20.1 Å². The molecule has 0 aromatic carbocycles. The van der Waals surface area contributed by atoms with Crippen LogP contribution >= 0.6 is 0 Å². The number of esters is 1. The van der Waals surface area contributed by atoms with Gasteiger partial charge in [0.1, 0.15) is 6.10 Å². The highest BCUT2D eigenvalue weighted by Gasteiger charge is 2.42. The molecule has 0 fully saturated rings. The van der Waals surface area contributed by atoms with E-state index in [4.69, 9.17) is 9.94 Å². The molecule has 0 spiro atoms. The maximum atomic E-state index is 12.5. The van der Waals surface area contributed by atoms with Crippen molar-refractivity contribution < 1.29 is 34.9 Å².